The van der Waals surface area contributed by atoms with Crippen molar-refractivity contribution in [3.05, 3.63) is 35.9 Å². The normalized spacial score (nSPS) is 15.3. The second-order valence-electron chi connectivity index (χ2n) is 4.90. The summed E-state index contributed by atoms with van der Waals surface area (Å²) in [6, 6.07) is 7.92. The van der Waals surface area contributed by atoms with Gasteiger partial charge in [0.25, 0.3) is 5.91 Å². The Hall–Kier alpha value is -2.82. The van der Waals surface area contributed by atoms with E-state index in [9.17, 15) is 29.4 Å². The van der Waals surface area contributed by atoms with E-state index in [-0.39, 0.29) is 11.8 Å². The molecular weight excluding hydrogens is 338 g/mol. The summed E-state index contributed by atoms with van der Waals surface area (Å²) >= 11 is 0. The highest BCUT2D eigenvalue weighted by atomic mass is 16.6. The lowest BCUT2D eigenvalue weighted by Gasteiger charge is -2.24. The molecule has 1 aromatic carbocycles. The Kier molecular flexibility index (Phi) is 7.66. The average molecular weight is 355 g/mol. The lowest BCUT2D eigenvalue weighted by molar-refractivity contribution is -0.173. The quantitative estimate of drug-likeness (QED) is 0.241. The van der Waals surface area contributed by atoms with Gasteiger partial charge >= 0.3 is 11.9 Å². The van der Waals surface area contributed by atoms with Gasteiger partial charge in [-0.15, -0.1) is 0 Å². The van der Waals surface area contributed by atoms with Crippen molar-refractivity contribution in [3.63, 3.8) is 0 Å². The minimum absolute atomic E-state index is 0.0423. The van der Waals surface area contributed by atoms with Crippen molar-refractivity contribution in [2.45, 2.75) is 24.4 Å². The van der Waals surface area contributed by atoms with Crippen molar-refractivity contribution in [2.24, 2.45) is 0 Å². The van der Waals surface area contributed by atoms with Crippen molar-refractivity contribution in [1.82, 2.24) is 5.32 Å². The van der Waals surface area contributed by atoms with Crippen molar-refractivity contribution in [1.29, 1.82) is 0 Å². The number of carbonyl (C=O) groups excluding carboxylic acids is 3. The monoisotopic (exact) mass is 355 g/mol. The van der Waals surface area contributed by atoms with Crippen LogP contribution in [0.1, 0.15) is 10.4 Å². The van der Waals surface area contributed by atoms with Gasteiger partial charge in [0.2, 0.25) is 0 Å². The molecule has 10 nitrogen and oxygen atoms in total. The lowest BCUT2D eigenvalue weighted by Crippen LogP contribution is -2.50. The molecule has 1 amide bonds. The summed E-state index contributed by atoms with van der Waals surface area (Å²) in [7, 11) is 0. The molecule has 0 fully saturated rings. The molecule has 0 saturated carbocycles. The maximum atomic E-state index is 11.7. The predicted molar refractivity (Wildman–Crippen MR) is 80.4 cm³/mol. The third-order valence-electron chi connectivity index (χ3n) is 3.09. The highest BCUT2D eigenvalue weighted by Crippen LogP contribution is 2.08. The summed E-state index contributed by atoms with van der Waals surface area (Å²) in [5.74, 6) is -3.53. The summed E-state index contributed by atoms with van der Waals surface area (Å²) in [5.41, 5.74) is 0.280. The standard InChI is InChI=1S/C15H17NO9/c17-7-9(11(19)12(20)13(21)15(23)24)25-10(18)6-16-14(22)8-4-2-1-3-5-8/h1-5,7,9,11-13,19-21H,6H2,(H,16,22)(H,23,24)/t9-,11+,12-,13-/m0/s1. The molecule has 5 N–H and O–H groups in total. The van der Waals surface area contributed by atoms with Crippen LogP contribution in [0, 0.1) is 0 Å². The molecular formula is C15H17NO9. The zero-order valence-corrected chi connectivity index (χ0v) is 12.8. The molecule has 1 aromatic rings. The third-order valence-corrected chi connectivity index (χ3v) is 3.09. The number of aldehydes is 1. The fourth-order valence-corrected chi connectivity index (χ4v) is 1.74. The molecule has 1 rings (SSSR count). The Morgan fingerprint density at radius 1 is 1.08 bits per heavy atom. The Balaban J connectivity index is 2.57. The largest absolute Gasteiger partial charge is 0.479 e. The molecule has 0 aliphatic rings. The first-order valence-corrected chi connectivity index (χ1v) is 7.03. The van der Waals surface area contributed by atoms with Gasteiger partial charge in [-0.3, -0.25) is 14.4 Å². The fraction of sp³-hybridized carbons (Fsp3) is 0.333. The Morgan fingerprint density at radius 3 is 2.20 bits per heavy atom. The first-order valence-electron chi connectivity index (χ1n) is 7.03. The lowest BCUT2D eigenvalue weighted by atomic mass is 10.0. The molecule has 10 heteroatoms. The van der Waals surface area contributed by atoms with Gasteiger partial charge in [0, 0.05) is 5.56 Å². The predicted octanol–water partition coefficient (Wildman–Crippen LogP) is -2.31. The third kappa shape index (κ3) is 5.95. The highest BCUT2D eigenvalue weighted by molar-refractivity contribution is 5.95. The number of ether oxygens (including phenoxy) is 1. The van der Waals surface area contributed by atoms with Gasteiger partial charge in [-0.2, -0.15) is 0 Å². The number of aliphatic hydroxyl groups is 3. The van der Waals surface area contributed by atoms with E-state index in [2.05, 4.69) is 10.1 Å². The second-order valence-corrected chi connectivity index (χ2v) is 4.90. The summed E-state index contributed by atoms with van der Waals surface area (Å²) in [5, 5.41) is 38.9. The molecule has 4 atom stereocenters. The average Bonchev–Trinajstić information content (AvgIpc) is 2.62. The summed E-state index contributed by atoms with van der Waals surface area (Å²) in [6.45, 7) is -0.637. The molecule has 0 aliphatic heterocycles. The molecule has 0 radical (unpaired) electrons. The second kappa shape index (κ2) is 9.47. The van der Waals surface area contributed by atoms with Crippen LogP contribution in [0.15, 0.2) is 30.3 Å². The van der Waals surface area contributed by atoms with Crippen molar-refractivity contribution in [3.8, 4) is 0 Å². The number of hydrogen-bond acceptors (Lipinski definition) is 8. The topological polar surface area (TPSA) is 170 Å². The molecule has 0 aliphatic carbocycles. The maximum absolute atomic E-state index is 11.7. The van der Waals surface area contributed by atoms with Gasteiger partial charge in [0.05, 0.1) is 0 Å². The van der Waals surface area contributed by atoms with E-state index in [1.54, 1.807) is 18.2 Å². The number of aliphatic carboxylic acids is 1. The number of nitrogens with one attached hydrogen (secondary N) is 1. The number of esters is 1. The molecule has 0 spiro atoms. The SMILES string of the molecule is O=C[C@H](OC(=O)CNC(=O)c1ccccc1)[C@@H](O)[C@H](O)[C@H](O)C(=O)O. The zero-order valence-electron chi connectivity index (χ0n) is 12.8. The van der Waals surface area contributed by atoms with Gasteiger partial charge < -0.3 is 30.5 Å². The van der Waals surface area contributed by atoms with Gasteiger partial charge in [-0.25, -0.2) is 4.79 Å². The summed E-state index contributed by atoms with van der Waals surface area (Å²) in [4.78, 5) is 44.7. The molecule has 25 heavy (non-hydrogen) atoms. The van der Waals surface area contributed by atoms with Crippen LogP contribution in [0.2, 0.25) is 0 Å². The van der Waals surface area contributed by atoms with Crippen LogP contribution >= 0.6 is 0 Å². The van der Waals surface area contributed by atoms with E-state index in [4.69, 9.17) is 10.2 Å². The van der Waals surface area contributed by atoms with E-state index in [0.29, 0.717) is 0 Å². The van der Waals surface area contributed by atoms with Crippen LogP contribution in [0.3, 0.4) is 0 Å². The smallest absolute Gasteiger partial charge is 0.335 e. The molecule has 136 valence electrons. The van der Waals surface area contributed by atoms with E-state index >= 15 is 0 Å². The van der Waals surface area contributed by atoms with Gasteiger partial charge in [-0.1, -0.05) is 18.2 Å². The Morgan fingerprint density at radius 2 is 1.68 bits per heavy atom. The van der Waals surface area contributed by atoms with Crippen molar-refractivity contribution in [2.75, 3.05) is 6.54 Å². The Bertz CT molecular complexity index is 619. The number of hydrogen-bond donors (Lipinski definition) is 5. The molecule has 0 aromatic heterocycles. The number of carboxylic acid groups (broad SMARTS) is 1. The first-order chi connectivity index (χ1) is 11.8. The van der Waals surface area contributed by atoms with Crippen LogP contribution in [0.25, 0.3) is 0 Å². The van der Waals surface area contributed by atoms with Crippen LogP contribution in [-0.2, 0) is 19.1 Å². The van der Waals surface area contributed by atoms with E-state index in [0.717, 1.165) is 0 Å². The van der Waals surface area contributed by atoms with Gasteiger partial charge in [-0.05, 0) is 12.1 Å². The number of carboxylic acids is 1. The van der Waals surface area contributed by atoms with Crippen LogP contribution in [0.5, 0.6) is 0 Å². The maximum Gasteiger partial charge on any atom is 0.335 e. The minimum atomic E-state index is -2.38. The minimum Gasteiger partial charge on any atom is -0.479 e. The van der Waals surface area contributed by atoms with Gasteiger partial charge in [0.15, 0.2) is 18.5 Å². The number of benzene rings is 1. The van der Waals surface area contributed by atoms with Crippen molar-refractivity contribution >= 4 is 24.1 Å². The fourth-order valence-electron chi connectivity index (χ4n) is 1.74. The van der Waals surface area contributed by atoms with Crippen molar-refractivity contribution < 1.29 is 44.3 Å². The van der Waals surface area contributed by atoms with Crippen LogP contribution in [0.4, 0.5) is 0 Å². The molecule has 0 unspecified atom stereocenters. The molecule has 0 heterocycles. The number of aliphatic hydroxyl groups excluding tert-OH is 3. The van der Waals surface area contributed by atoms with Crippen LogP contribution in [-0.4, -0.2) is 75.5 Å². The Labute approximate surface area is 141 Å². The van der Waals surface area contributed by atoms with Crippen LogP contribution < -0.4 is 5.32 Å². The zero-order chi connectivity index (χ0) is 19.0. The first kappa shape index (κ1) is 20.2. The number of amides is 1. The molecule has 0 saturated heterocycles. The number of carbonyl (C=O) groups is 4. The summed E-state index contributed by atoms with van der Waals surface area (Å²) in [6.07, 6.45) is -8.78. The highest BCUT2D eigenvalue weighted by Gasteiger charge is 2.36. The van der Waals surface area contributed by atoms with E-state index in [1.165, 1.54) is 12.1 Å². The van der Waals surface area contributed by atoms with E-state index in [1.807, 2.05) is 0 Å². The number of rotatable bonds is 9. The van der Waals surface area contributed by atoms with Gasteiger partial charge in [0.1, 0.15) is 18.8 Å². The molecule has 0 bridgehead atoms. The summed E-state index contributed by atoms with van der Waals surface area (Å²) < 4.78 is 4.56. The van der Waals surface area contributed by atoms with E-state index < -0.39 is 48.8 Å².